The van der Waals surface area contributed by atoms with Crippen molar-refractivity contribution >= 4 is 5.65 Å². The van der Waals surface area contributed by atoms with Gasteiger partial charge in [-0.15, -0.1) is 10.2 Å². The zero-order valence-electron chi connectivity index (χ0n) is 14.0. The third-order valence-electron chi connectivity index (χ3n) is 5.81. The summed E-state index contributed by atoms with van der Waals surface area (Å²) in [5, 5.41) is 19.1. The predicted molar refractivity (Wildman–Crippen MR) is 89.1 cm³/mol. The fraction of sp³-hybridized carbons (Fsp3) is 0.368. The zero-order chi connectivity index (χ0) is 17.9. The number of hydrogen-bond donors (Lipinski definition) is 1. The second kappa shape index (κ2) is 5.23. The van der Waals surface area contributed by atoms with Crippen LogP contribution in [0.15, 0.2) is 36.5 Å². The average Bonchev–Trinajstić information content (AvgIpc) is 3.30. The van der Waals surface area contributed by atoms with E-state index >= 15 is 0 Å². The Labute approximate surface area is 148 Å². The number of ether oxygens (including phenoxy) is 1. The molecule has 0 saturated heterocycles. The molecule has 26 heavy (non-hydrogen) atoms. The average molecular weight is 357 g/mol. The summed E-state index contributed by atoms with van der Waals surface area (Å²) in [4.78, 5) is 0. The molecular weight excluding hydrogens is 340 g/mol. The molecule has 0 unspecified atom stereocenters. The van der Waals surface area contributed by atoms with Crippen molar-refractivity contribution < 1.29 is 18.6 Å². The number of fused-ring (bicyclic) bond motifs is 3. The van der Waals surface area contributed by atoms with Crippen molar-refractivity contribution in [2.45, 2.75) is 43.1 Å². The van der Waals surface area contributed by atoms with Crippen molar-refractivity contribution in [3.05, 3.63) is 54.0 Å². The summed E-state index contributed by atoms with van der Waals surface area (Å²) in [6.45, 7) is 0. The van der Waals surface area contributed by atoms with E-state index in [1.807, 2.05) is 10.6 Å². The molecular formula is C19H17F2N3O2. The maximum Gasteiger partial charge on any atom is 0.203 e. The Balaban J connectivity index is 1.57. The highest BCUT2D eigenvalue weighted by Gasteiger charge is 2.56. The predicted octanol–water partition coefficient (Wildman–Crippen LogP) is 3.75. The van der Waals surface area contributed by atoms with Gasteiger partial charge >= 0.3 is 0 Å². The first kappa shape index (κ1) is 15.7. The standard InChI is InChI=1S/C19H17F2N3O2/c20-12-3-1-4-13(15(12)21)26-14-5-2-10-24-16(14)22-23-17(24)18-6-8-19(25,11-18)9-7-18/h1-5,10,25H,6-9,11H2. The number of nitrogens with zero attached hydrogens (tertiary/aromatic N) is 3. The van der Waals surface area contributed by atoms with E-state index in [1.165, 1.54) is 12.1 Å². The smallest absolute Gasteiger partial charge is 0.203 e. The van der Waals surface area contributed by atoms with E-state index in [2.05, 4.69) is 10.2 Å². The van der Waals surface area contributed by atoms with Crippen molar-refractivity contribution in [2.24, 2.45) is 0 Å². The molecule has 2 fully saturated rings. The van der Waals surface area contributed by atoms with Crippen LogP contribution in [0.3, 0.4) is 0 Å². The summed E-state index contributed by atoms with van der Waals surface area (Å²) in [7, 11) is 0. The third-order valence-corrected chi connectivity index (χ3v) is 5.81. The van der Waals surface area contributed by atoms with Gasteiger partial charge in [-0.05, 0) is 56.4 Å². The third kappa shape index (κ3) is 2.16. The Morgan fingerprint density at radius 2 is 1.77 bits per heavy atom. The van der Waals surface area contributed by atoms with Crippen molar-refractivity contribution in [3.8, 4) is 11.5 Å². The highest BCUT2D eigenvalue weighted by atomic mass is 19.2. The minimum absolute atomic E-state index is 0.184. The van der Waals surface area contributed by atoms with Crippen LogP contribution in [-0.4, -0.2) is 25.3 Å². The number of aliphatic hydroxyl groups is 1. The Hall–Kier alpha value is -2.54. The van der Waals surface area contributed by atoms with Gasteiger partial charge in [-0.25, -0.2) is 4.39 Å². The van der Waals surface area contributed by atoms with E-state index in [-0.39, 0.29) is 11.2 Å². The first-order valence-corrected chi connectivity index (χ1v) is 8.68. The van der Waals surface area contributed by atoms with Gasteiger partial charge in [0.15, 0.2) is 17.3 Å². The first-order valence-electron chi connectivity index (χ1n) is 8.68. The van der Waals surface area contributed by atoms with Crippen LogP contribution in [0.2, 0.25) is 0 Å². The minimum atomic E-state index is -1.04. The van der Waals surface area contributed by atoms with Gasteiger partial charge in [0, 0.05) is 11.6 Å². The lowest BCUT2D eigenvalue weighted by Crippen LogP contribution is -2.23. The quantitative estimate of drug-likeness (QED) is 0.776. The fourth-order valence-electron chi connectivity index (χ4n) is 4.49. The van der Waals surface area contributed by atoms with Crippen LogP contribution in [0, 0.1) is 11.6 Å². The molecule has 2 aliphatic rings. The normalized spacial score (nSPS) is 27.3. The van der Waals surface area contributed by atoms with Crippen LogP contribution in [0.1, 0.15) is 37.9 Å². The van der Waals surface area contributed by atoms with Gasteiger partial charge < -0.3 is 9.84 Å². The number of hydrogen-bond acceptors (Lipinski definition) is 4. The van der Waals surface area contributed by atoms with Crippen LogP contribution >= 0.6 is 0 Å². The summed E-state index contributed by atoms with van der Waals surface area (Å²) in [6, 6.07) is 7.21. The van der Waals surface area contributed by atoms with E-state index in [9.17, 15) is 13.9 Å². The van der Waals surface area contributed by atoms with Crippen molar-refractivity contribution in [1.82, 2.24) is 14.6 Å². The van der Waals surface area contributed by atoms with Crippen LogP contribution in [0.4, 0.5) is 8.78 Å². The molecule has 2 heterocycles. The maximum absolute atomic E-state index is 13.9. The lowest BCUT2D eigenvalue weighted by molar-refractivity contribution is 0.0521. The van der Waals surface area contributed by atoms with Gasteiger partial charge in [0.1, 0.15) is 5.82 Å². The molecule has 2 aromatic heterocycles. The summed E-state index contributed by atoms with van der Waals surface area (Å²) in [6.07, 6.45) is 5.80. The van der Waals surface area contributed by atoms with E-state index < -0.39 is 17.2 Å². The van der Waals surface area contributed by atoms with E-state index in [4.69, 9.17) is 4.74 Å². The van der Waals surface area contributed by atoms with E-state index in [1.54, 1.807) is 12.1 Å². The second-order valence-corrected chi connectivity index (χ2v) is 7.43. The monoisotopic (exact) mass is 357 g/mol. The molecule has 2 saturated carbocycles. The molecule has 3 aromatic rings. The highest BCUT2D eigenvalue weighted by Crippen LogP contribution is 2.57. The van der Waals surface area contributed by atoms with Crippen molar-refractivity contribution in [1.29, 1.82) is 0 Å². The number of benzene rings is 1. The minimum Gasteiger partial charge on any atom is -0.450 e. The van der Waals surface area contributed by atoms with Crippen LogP contribution in [0.25, 0.3) is 5.65 Å². The largest absolute Gasteiger partial charge is 0.450 e. The molecule has 2 aliphatic carbocycles. The molecule has 0 atom stereocenters. The molecule has 5 rings (SSSR count). The second-order valence-electron chi connectivity index (χ2n) is 7.43. The Bertz CT molecular complexity index is 1010. The van der Waals surface area contributed by atoms with E-state index in [0.717, 1.165) is 37.6 Å². The highest BCUT2D eigenvalue weighted by molar-refractivity contribution is 5.55. The molecule has 2 bridgehead atoms. The lowest BCUT2D eigenvalue weighted by atomic mass is 9.83. The summed E-state index contributed by atoms with van der Waals surface area (Å²) < 4.78 is 34.8. The molecule has 0 spiro atoms. The maximum atomic E-state index is 13.9. The fourth-order valence-corrected chi connectivity index (χ4v) is 4.49. The molecule has 134 valence electrons. The Morgan fingerprint density at radius 1 is 1.00 bits per heavy atom. The van der Waals surface area contributed by atoms with Gasteiger partial charge in [-0.1, -0.05) is 6.07 Å². The summed E-state index contributed by atoms with van der Waals surface area (Å²) in [5.41, 5.74) is -0.329. The van der Waals surface area contributed by atoms with Gasteiger partial charge in [-0.2, -0.15) is 4.39 Å². The Kier molecular flexibility index (Phi) is 3.16. The molecule has 1 aromatic carbocycles. The van der Waals surface area contributed by atoms with Crippen LogP contribution in [0.5, 0.6) is 11.5 Å². The molecule has 0 aliphatic heterocycles. The number of pyridine rings is 1. The van der Waals surface area contributed by atoms with Gasteiger partial charge in [0.05, 0.1) is 5.60 Å². The SMILES string of the molecule is OC12CCC(c3nnc4c(Oc5cccc(F)c5F)cccn34)(CC1)C2. The number of halogens is 2. The molecule has 5 nitrogen and oxygen atoms in total. The van der Waals surface area contributed by atoms with Crippen LogP contribution in [-0.2, 0) is 5.41 Å². The molecule has 7 heteroatoms. The number of rotatable bonds is 3. The van der Waals surface area contributed by atoms with E-state index in [0.29, 0.717) is 17.8 Å². The summed E-state index contributed by atoms with van der Waals surface area (Å²) >= 11 is 0. The molecule has 0 amide bonds. The first-order chi connectivity index (χ1) is 12.5. The van der Waals surface area contributed by atoms with Gasteiger partial charge in [0.25, 0.3) is 0 Å². The zero-order valence-corrected chi connectivity index (χ0v) is 14.0. The van der Waals surface area contributed by atoms with Crippen molar-refractivity contribution in [2.75, 3.05) is 0 Å². The van der Waals surface area contributed by atoms with Crippen LogP contribution < -0.4 is 4.74 Å². The summed E-state index contributed by atoms with van der Waals surface area (Å²) in [5.74, 6) is -1.10. The molecule has 1 N–H and O–H groups in total. The van der Waals surface area contributed by atoms with Crippen molar-refractivity contribution in [3.63, 3.8) is 0 Å². The number of aromatic nitrogens is 3. The Morgan fingerprint density at radius 3 is 2.50 bits per heavy atom. The van der Waals surface area contributed by atoms with Gasteiger partial charge in [-0.3, -0.25) is 4.40 Å². The van der Waals surface area contributed by atoms with Gasteiger partial charge in [0.2, 0.25) is 11.5 Å². The lowest BCUT2D eigenvalue weighted by Gasteiger charge is -2.24. The topological polar surface area (TPSA) is 59.7 Å². The molecule has 0 radical (unpaired) electrons.